The molecule has 0 bridgehead atoms. The van der Waals surface area contributed by atoms with Crippen LogP contribution in [0.3, 0.4) is 0 Å². The number of aliphatic hydroxyl groups excluding tert-OH is 1. The number of benzene rings is 1. The summed E-state index contributed by atoms with van der Waals surface area (Å²) in [4.78, 5) is 8.67. The van der Waals surface area contributed by atoms with E-state index in [-0.39, 0.29) is 24.0 Å². The first-order valence-corrected chi connectivity index (χ1v) is 12.0. The van der Waals surface area contributed by atoms with Crippen molar-refractivity contribution >= 4 is 10.3 Å². The highest BCUT2D eigenvalue weighted by atomic mass is 32.2. The molecule has 3 N–H and O–H groups in total. The molecule has 1 aromatic heterocycles. The molecule has 2 aliphatic carbocycles. The Balaban J connectivity index is 1.40. The number of aromatic nitrogens is 2. The maximum absolute atomic E-state index is 11.0. The maximum Gasteiger partial charge on any atom is 0.333 e. The number of aliphatic hydroxyl groups is 1. The van der Waals surface area contributed by atoms with E-state index in [0.717, 1.165) is 18.5 Å². The van der Waals surface area contributed by atoms with Gasteiger partial charge in [-0.1, -0.05) is 38.1 Å². The van der Waals surface area contributed by atoms with Crippen LogP contribution in [0.15, 0.2) is 36.7 Å². The molecule has 0 spiro atoms. The van der Waals surface area contributed by atoms with Gasteiger partial charge in [0.25, 0.3) is 0 Å². The molecular weight excluding hydrogens is 418 g/mol. The van der Waals surface area contributed by atoms with E-state index in [1.807, 2.05) is 6.07 Å². The van der Waals surface area contributed by atoms with Gasteiger partial charge in [0.15, 0.2) is 0 Å². The number of hydrogen-bond donors (Lipinski definition) is 2. The van der Waals surface area contributed by atoms with Crippen molar-refractivity contribution in [3.05, 3.63) is 53.5 Å². The minimum atomic E-state index is -4.03. The normalized spacial score (nSPS) is 27.2. The Hall–Kier alpha value is -2.07. The van der Waals surface area contributed by atoms with E-state index in [4.69, 9.17) is 9.88 Å². The number of fused-ring (bicyclic) bond motifs is 1. The lowest BCUT2D eigenvalue weighted by molar-refractivity contribution is 0.0986. The molecule has 0 amide bonds. The SMILES string of the molecule is CC1(C)C[C@H](Cc2cc(O[C@@H]3C[C@@H](COS(N)(=O)=O)[C@@H](O)C3)ncn2)c2ccccc21. The summed E-state index contributed by atoms with van der Waals surface area (Å²) in [7, 11) is -4.03. The molecule has 0 saturated heterocycles. The topological polar surface area (TPSA) is 125 Å². The molecule has 1 saturated carbocycles. The summed E-state index contributed by atoms with van der Waals surface area (Å²) in [6, 6.07) is 10.5. The first kappa shape index (κ1) is 22.1. The van der Waals surface area contributed by atoms with E-state index >= 15 is 0 Å². The first-order valence-electron chi connectivity index (χ1n) is 10.5. The van der Waals surface area contributed by atoms with Gasteiger partial charge in [-0.05, 0) is 41.7 Å². The van der Waals surface area contributed by atoms with E-state index in [1.165, 1.54) is 17.5 Å². The highest BCUT2D eigenvalue weighted by Crippen LogP contribution is 2.46. The van der Waals surface area contributed by atoms with Crippen LogP contribution in [-0.2, 0) is 26.3 Å². The van der Waals surface area contributed by atoms with Crippen LogP contribution in [-0.4, -0.2) is 42.3 Å². The molecule has 2 aromatic rings. The Morgan fingerprint density at radius 2 is 2.00 bits per heavy atom. The highest BCUT2D eigenvalue weighted by molar-refractivity contribution is 7.84. The molecule has 4 atom stereocenters. The van der Waals surface area contributed by atoms with Gasteiger partial charge in [-0.3, -0.25) is 4.18 Å². The molecule has 2 aliphatic rings. The number of nitrogens with zero attached hydrogens (tertiary/aromatic N) is 2. The minimum absolute atomic E-state index is 0.141. The van der Waals surface area contributed by atoms with Crippen molar-refractivity contribution in [2.45, 2.75) is 63.1 Å². The predicted octanol–water partition coefficient (Wildman–Crippen LogP) is 2.22. The van der Waals surface area contributed by atoms with Crippen molar-refractivity contribution in [1.82, 2.24) is 9.97 Å². The van der Waals surface area contributed by atoms with Crippen LogP contribution in [0.2, 0.25) is 0 Å². The molecule has 1 aromatic carbocycles. The molecule has 1 heterocycles. The maximum atomic E-state index is 11.0. The molecule has 8 nitrogen and oxygen atoms in total. The molecule has 1 fully saturated rings. The third-order valence-electron chi connectivity index (χ3n) is 6.39. The quantitative estimate of drug-likeness (QED) is 0.667. The fourth-order valence-electron chi connectivity index (χ4n) is 4.97. The van der Waals surface area contributed by atoms with E-state index in [2.05, 4.69) is 52.3 Å². The van der Waals surface area contributed by atoms with E-state index in [0.29, 0.717) is 24.6 Å². The highest BCUT2D eigenvalue weighted by Gasteiger charge is 2.37. The summed E-state index contributed by atoms with van der Waals surface area (Å²) in [6.07, 6.45) is 3.21. The molecule has 9 heteroatoms. The fraction of sp³-hybridized carbons (Fsp3) is 0.545. The van der Waals surface area contributed by atoms with Gasteiger partial charge >= 0.3 is 10.3 Å². The Morgan fingerprint density at radius 1 is 1.23 bits per heavy atom. The summed E-state index contributed by atoms with van der Waals surface area (Å²) in [5.41, 5.74) is 3.83. The Kier molecular flexibility index (Phi) is 6.04. The average molecular weight is 448 g/mol. The van der Waals surface area contributed by atoms with E-state index < -0.39 is 16.4 Å². The van der Waals surface area contributed by atoms with E-state index in [1.54, 1.807) is 0 Å². The minimum Gasteiger partial charge on any atom is -0.474 e. The lowest BCUT2D eigenvalue weighted by Crippen LogP contribution is -2.24. The monoisotopic (exact) mass is 447 g/mol. The van der Waals surface area contributed by atoms with Gasteiger partial charge < -0.3 is 9.84 Å². The molecule has 0 unspecified atom stereocenters. The zero-order valence-electron chi connectivity index (χ0n) is 17.8. The van der Waals surface area contributed by atoms with Gasteiger partial charge in [0, 0.05) is 24.1 Å². The second-order valence-electron chi connectivity index (χ2n) is 9.24. The van der Waals surface area contributed by atoms with Crippen molar-refractivity contribution in [3.8, 4) is 5.88 Å². The molecule has 0 aliphatic heterocycles. The summed E-state index contributed by atoms with van der Waals surface area (Å²) in [6.45, 7) is 4.40. The Morgan fingerprint density at radius 3 is 2.77 bits per heavy atom. The summed E-state index contributed by atoms with van der Waals surface area (Å²) in [5.74, 6) is 0.490. The van der Waals surface area contributed by atoms with Crippen molar-refractivity contribution in [1.29, 1.82) is 0 Å². The van der Waals surface area contributed by atoms with Crippen molar-refractivity contribution in [2.75, 3.05) is 6.61 Å². The van der Waals surface area contributed by atoms with Gasteiger partial charge in [-0.25, -0.2) is 15.1 Å². The number of ether oxygens (including phenoxy) is 1. The average Bonchev–Trinajstić information content (AvgIpc) is 3.16. The summed E-state index contributed by atoms with van der Waals surface area (Å²) >= 11 is 0. The van der Waals surface area contributed by atoms with Crippen LogP contribution >= 0.6 is 0 Å². The zero-order chi connectivity index (χ0) is 22.2. The molecule has 0 radical (unpaired) electrons. The van der Waals surface area contributed by atoms with Crippen molar-refractivity contribution < 1.29 is 22.4 Å². The van der Waals surface area contributed by atoms with Crippen LogP contribution in [0.5, 0.6) is 5.88 Å². The lowest BCUT2D eigenvalue weighted by atomic mass is 9.85. The molecule has 168 valence electrons. The van der Waals surface area contributed by atoms with Gasteiger partial charge in [0.2, 0.25) is 5.88 Å². The van der Waals surface area contributed by atoms with Crippen molar-refractivity contribution in [3.63, 3.8) is 0 Å². The van der Waals surface area contributed by atoms with Gasteiger partial charge in [-0.15, -0.1) is 0 Å². The second-order valence-corrected chi connectivity index (χ2v) is 10.5. The van der Waals surface area contributed by atoms with Gasteiger partial charge in [0.05, 0.1) is 12.7 Å². The Bertz CT molecular complexity index is 1040. The van der Waals surface area contributed by atoms with Crippen LogP contribution in [0.1, 0.15) is 55.8 Å². The smallest absolute Gasteiger partial charge is 0.333 e. The number of hydrogen-bond acceptors (Lipinski definition) is 7. The van der Waals surface area contributed by atoms with Gasteiger partial charge in [-0.2, -0.15) is 8.42 Å². The Labute approximate surface area is 183 Å². The third-order valence-corrected chi connectivity index (χ3v) is 6.85. The van der Waals surface area contributed by atoms with Crippen LogP contribution in [0.4, 0.5) is 0 Å². The number of rotatable bonds is 7. The lowest BCUT2D eigenvalue weighted by Gasteiger charge is -2.19. The molecule has 4 rings (SSSR count). The molecule has 31 heavy (non-hydrogen) atoms. The first-order chi connectivity index (χ1) is 14.6. The fourth-order valence-corrected chi connectivity index (χ4v) is 5.34. The van der Waals surface area contributed by atoms with Gasteiger partial charge in [0.1, 0.15) is 12.4 Å². The van der Waals surface area contributed by atoms with Crippen LogP contribution in [0.25, 0.3) is 0 Å². The van der Waals surface area contributed by atoms with Crippen LogP contribution < -0.4 is 9.88 Å². The second kappa shape index (κ2) is 8.46. The number of nitrogens with two attached hydrogens (primary N) is 1. The van der Waals surface area contributed by atoms with Crippen molar-refractivity contribution in [2.24, 2.45) is 11.1 Å². The summed E-state index contributed by atoms with van der Waals surface area (Å²) in [5, 5.41) is 15.1. The standard InChI is InChI=1S/C22H29N3O5S/c1-22(2)11-14(18-5-3-4-6-19(18)22)7-16-9-21(25-13-24-16)30-17-8-15(20(26)10-17)12-29-31(23,27)28/h3-6,9,13-15,17,20,26H,7-8,10-12H2,1-2H3,(H2,23,27,28)/t14-,15-,17+,20-/m0/s1. The van der Waals surface area contributed by atoms with Crippen LogP contribution in [0, 0.1) is 5.92 Å². The zero-order valence-corrected chi connectivity index (χ0v) is 18.6. The third kappa shape index (κ3) is 5.23. The largest absolute Gasteiger partial charge is 0.474 e. The molecular formula is C22H29N3O5S. The predicted molar refractivity (Wildman–Crippen MR) is 115 cm³/mol. The van der Waals surface area contributed by atoms with E-state index in [9.17, 15) is 13.5 Å². The summed E-state index contributed by atoms with van der Waals surface area (Å²) < 4.78 is 32.6.